The van der Waals surface area contributed by atoms with Crippen molar-refractivity contribution >= 4 is 6.21 Å². The van der Waals surface area contributed by atoms with Gasteiger partial charge in [0.1, 0.15) is 0 Å². The average Bonchev–Trinajstić information content (AvgIpc) is 1.90. The molecule has 0 atom stereocenters. The van der Waals surface area contributed by atoms with E-state index in [2.05, 4.69) is 17.6 Å². The SMILES string of the molecule is [CH2]CN1C=CC=NN1. The zero-order valence-electron chi connectivity index (χ0n) is 4.54. The van der Waals surface area contributed by atoms with Crippen molar-refractivity contribution in [2.75, 3.05) is 6.54 Å². The number of hydrazone groups is 1. The molecule has 0 fully saturated rings. The number of hydrogen-bond acceptors (Lipinski definition) is 3. The number of allylic oxidation sites excluding steroid dienone is 1. The third-order valence-electron chi connectivity index (χ3n) is 0.854. The molecule has 1 N–H and O–H groups in total. The highest BCUT2D eigenvalue weighted by molar-refractivity contribution is 5.70. The minimum Gasteiger partial charge on any atom is -0.279 e. The molecule has 0 unspecified atom stereocenters. The van der Waals surface area contributed by atoms with Crippen molar-refractivity contribution < 1.29 is 0 Å². The number of nitrogens with zero attached hydrogens (tertiary/aromatic N) is 2. The Bertz CT molecular complexity index is 117. The van der Waals surface area contributed by atoms with Gasteiger partial charge in [-0.05, 0) is 13.0 Å². The molecule has 0 amide bonds. The van der Waals surface area contributed by atoms with Gasteiger partial charge < -0.3 is 0 Å². The van der Waals surface area contributed by atoms with Gasteiger partial charge in [0.25, 0.3) is 0 Å². The molecule has 3 heteroatoms. The second-order valence-electron chi connectivity index (χ2n) is 1.41. The molecule has 0 aromatic rings. The maximum Gasteiger partial charge on any atom is 0.0503 e. The first kappa shape index (κ1) is 5.15. The fourth-order valence-electron chi connectivity index (χ4n) is 0.451. The molecule has 1 radical (unpaired) electrons. The zero-order chi connectivity index (χ0) is 5.82. The van der Waals surface area contributed by atoms with Crippen LogP contribution in [-0.4, -0.2) is 17.8 Å². The number of hydrazine groups is 1. The van der Waals surface area contributed by atoms with E-state index in [1.807, 2.05) is 12.3 Å². The van der Waals surface area contributed by atoms with Crippen molar-refractivity contribution in [3.05, 3.63) is 19.2 Å². The van der Waals surface area contributed by atoms with E-state index in [0.29, 0.717) is 6.54 Å². The first-order chi connectivity index (χ1) is 3.93. The van der Waals surface area contributed by atoms with Crippen LogP contribution in [0.1, 0.15) is 0 Å². The lowest BCUT2D eigenvalue weighted by Crippen LogP contribution is -2.30. The topological polar surface area (TPSA) is 27.6 Å². The van der Waals surface area contributed by atoms with Gasteiger partial charge in [0.2, 0.25) is 0 Å². The highest BCUT2D eigenvalue weighted by atomic mass is 15.6. The fraction of sp³-hybridized carbons (Fsp3) is 0.200. The van der Waals surface area contributed by atoms with Gasteiger partial charge in [-0.1, -0.05) is 0 Å². The van der Waals surface area contributed by atoms with E-state index in [9.17, 15) is 0 Å². The first-order valence-electron chi connectivity index (χ1n) is 2.45. The summed E-state index contributed by atoms with van der Waals surface area (Å²) in [6, 6.07) is 0. The van der Waals surface area contributed by atoms with Crippen LogP contribution < -0.4 is 5.53 Å². The van der Waals surface area contributed by atoms with E-state index in [4.69, 9.17) is 0 Å². The van der Waals surface area contributed by atoms with Crippen molar-refractivity contribution in [2.45, 2.75) is 0 Å². The molecule has 1 aliphatic heterocycles. The Hall–Kier alpha value is -0.990. The summed E-state index contributed by atoms with van der Waals surface area (Å²) in [4.78, 5) is 0. The van der Waals surface area contributed by atoms with Gasteiger partial charge in [0.05, 0.1) is 6.21 Å². The number of rotatable bonds is 1. The molecule has 0 aliphatic carbocycles. The summed E-state index contributed by atoms with van der Waals surface area (Å²) in [5.41, 5.74) is 2.72. The van der Waals surface area contributed by atoms with E-state index in [1.54, 1.807) is 11.2 Å². The van der Waals surface area contributed by atoms with Crippen LogP contribution in [0.2, 0.25) is 0 Å². The van der Waals surface area contributed by atoms with Crippen molar-refractivity contribution in [3.8, 4) is 0 Å². The molecular formula is C5H8N3. The second-order valence-corrected chi connectivity index (χ2v) is 1.41. The van der Waals surface area contributed by atoms with Crippen LogP contribution in [0.4, 0.5) is 0 Å². The highest BCUT2D eigenvalue weighted by Crippen LogP contribution is 1.85. The Morgan fingerprint density at radius 2 is 2.62 bits per heavy atom. The first-order valence-corrected chi connectivity index (χ1v) is 2.45. The van der Waals surface area contributed by atoms with Crippen molar-refractivity contribution in [1.82, 2.24) is 10.5 Å². The summed E-state index contributed by atoms with van der Waals surface area (Å²) in [5, 5.41) is 5.53. The van der Waals surface area contributed by atoms with Gasteiger partial charge in [-0.15, -0.1) is 0 Å². The standard InChI is InChI=1S/C5H8N3/c1-2-8-5-3-4-6-7-8/h3-5,7H,1-2H2. The summed E-state index contributed by atoms with van der Waals surface area (Å²) in [5.74, 6) is 0. The van der Waals surface area contributed by atoms with Crippen LogP contribution in [0.3, 0.4) is 0 Å². The molecule has 0 saturated carbocycles. The van der Waals surface area contributed by atoms with Crippen LogP contribution in [0.5, 0.6) is 0 Å². The summed E-state index contributed by atoms with van der Waals surface area (Å²) < 4.78 is 0. The molecule has 1 rings (SSSR count). The Balaban J connectivity index is 2.40. The number of nitrogens with one attached hydrogen (secondary N) is 1. The Labute approximate surface area is 48.6 Å². The van der Waals surface area contributed by atoms with E-state index in [1.165, 1.54) is 0 Å². The smallest absolute Gasteiger partial charge is 0.0503 e. The van der Waals surface area contributed by atoms with Crippen molar-refractivity contribution in [3.63, 3.8) is 0 Å². The third kappa shape index (κ3) is 0.992. The Kier molecular flexibility index (Phi) is 1.51. The lowest BCUT2D eigenvalue weighted by molar-refractivity contribution is 0.302. The monoisotopic (exact) mass is 110 g/mol. The molecule has 43 valence electrons. The summed E-state index contributed by atoms with van der Waals surface area (Å²) in [6.07, 6.45) is 5.41. The quantitative estimate of drug-likeness (QED) is 0.520. The average molecular weight is 110 g/mol. The summed E-state index contributed by atoms with van der Waals surface area (Å²) >= 11 is 0. The molecule has 0 bridgehead atoms. The predicted molar refractivity (Wildman–Crippen MR) is 32.8 cm³/mol. The molecule has 0 spiro atoms. The Morgan fingerprint density at radius 3 is 3.00 bits per heavy atom. The van der Waals surface area contributed by atoms with Gasteiger partial charge in [-0.3, -0.25) is 5.01 Å². The predicted octanol–water partition coefficient (Wildman–Crippen LogP) is 0.140. The van der Waals surface area contributed by atoms with Gasteiger partial charge in [-0.25, -0.2) is 5.53 Å². The fourth-order valence-corrected chi connectivity index (χ4v) is 0.451. The van der Waals surface area contributed by atoms with Gasteiger partial charge >= 0.3 is 0 Å². The molecule has 0 saturated heterocycles. The minimum absolute atomic E-state index is 0.688. The lowest BCUT2D eigenvalue weighted by atomic mass is 10.6. The minimum atomic E-state index is 0.688. The Morgan fingerprint density at radius 1 is 1.75 bits per heavy atom. The zero-order valence-corrected chi connectivity index (χ0v) is 4.54. The number of hydrogen-bond donors (Lipinski definition) is 1. The van der Waals surface area contributed by atoms with E-state index < -0.39 is 0 Å². The van der Waals surface area contributed by atoms with Crippen molar-refractivity contribution in [1.29, 1.82) is 0 Å². The largest absolute Gasteiger partial charge is 0.279 e. The van der Waals surface area contributed by atoms with Gasteiger partial charge in [0, 0.05) is 12.7 Å². The summed E-state index contributed by atoms with van der Waals surface area (Å²) in [6.45, 7) is 4.34. The van der Waals surface area contributed by atoms with E-state index >= 15 is 0 Å². The van der Waals surface area contributed by atoms with Crippen LogP contribution in [0.15, 0.2) is 17.4 Å². The summed E-state index contributed by atoms with van der Waals surface area (Å²) in [7, 11) is 0. The van der Waals surface area contributed by atoms with Crippen LogP contribution in [0.25, 0.3) is 0 Å². The maximum absolute atomic E-state index is 3.75. The third-order valence-corrected chi connectivity index (χ3v) is 0.854. The molecule has 1 heterocycles. The normalized spacial score (nSPS) is 16.4. The highest BCUT2D eigenvalue weighted by Gasteiger charge is 1.90. The molecule has 8 heavy (non-hydrogen) atoms. The molecule has 0 aromatic heterocycles. The molecular weight excluding hydrogens is 102 g/mol. The van der Waals surface area contributed by atoms with Crippen LogP contribution >= 0.6 is 0 Å². The lowest BCUT2D eigenvalue weighted by Gasteiger charge is -2.17. The van der Waals surface area contributed by atoms with Crippen LogP contribution in [-0.2, 0) is 0 Å². The molecule has 1 aliphatic rings. The van der Waals surface area contributed by atoms with Gasteiger partial charge in [0.15, 0.2) is 0 Å². The molecule has 3 nitrogen and oxygen atoms in total. The second kappa shape index (κ2) is 2.35. The van der Waals surface area contributed by atoms with Crippen LogP contribution in [0, 0.1) is 6.92 Å². The van der Waals surface area contributed by atoms with E-state index in [0.717, 1.165) is 0 Å². The van der Waals surface area contributed by atoms with Gasteiger partial charge in [-0.2, -0.15) is 5.10 Å². The molecule has 0 aromatic carbocycles. The van der Waals surface area contributed by atoms with E-state index in [-0.39, 0.29) is 0 Å². The van der Waals surface area contributed by atoms with Crippen molar-refractivity contribution in [2.24, 2.45) is 5.10 Å². The maximum atomic E-state index is 3.75.